The van der Waals surface area contributed by atoms with E-state index in [-0.39, 0.29) is 5.02 Å². The van der Waals surface area contributed by atoms with Gasteiger partial charge in [-0.2, -0.15) is 0 Å². The van der Waals surface area contributed by atoms with Gasteiger partial charge in [0.05, 0.1) is 5.02 Å². The van der Waals surface area contributed by atoms with Gasteiger partial charge in [0.1, 0.15) is 5.82 Å². The van der Waals surface area contributed by atoms with Crippen LogP contribution in [0.4, 0.5) is 4.39 Å². The normalized spacial score (nSPS) is 11.0. The van der Waals surface area contributed by atoms with E-state index >= 15 is 0 Å². The SMILES string of the molecule is O=C(O)/C=C/c1ccc(-c2ccc(Cl)c(F)c2)s1. The largest absolute Gasteiger partial charge is 0.478 e. The van der Waals surface area contributed by atoms with Crippen molar-refractivity contribution in [3.63, 3.8) is 0 Å². The number of hydrogen-bond donors (Lipinski definition) is 1. The highest BCUT2D eigenvalue weighted by Crippen LogP contribution is 2.30. The molecule has 0 saturated heterocycles. The summed E-state index contributed by atoms with van der Waals surface area (Å²) in [4.78, 5) is 12.0. The predicted molar refractivity (Wildman–Crippen MR) is 71.4 cm³/mol. The Morgan fingerprint density at radius 3 is 2.78 bits per heavy atom. The standard InChI is InChI=1S/C13H8ClFO2S/c14-10-4-1-8(7-11(10)15)12-5-2-9(18-12)3-6-13(16)17/h1-7H,(H,16,17)/b6-3+. The molecule has 1 aromatic heterocycles. The molecular formula is C13H8ClFO2S. The molecule has 0 radical (unpaired) electrons. The summed E-state index contributed by atoms with van der Waals surface area (Å²) in [5.41, 5.74) is 0.719. The summed E-state index contributed by atoms with van der Waals surface area (Å²) >= 11 is 6.99. The highest BCUT2D eigenvalue weighted by Gasteiger charge is 2.05. The number of aliphatic carboxylic acids is 1. The Balaban J connectivity index is 2.29. The van der Waals surface area contributed by atoms with Crippen LogP contribution in [-0.2, 0) is 4.79 Å². The van der Waals surface area contributed by atoms with Crippen molar-refractivity contribution in [3.05, 3.63) is 52.1 Å². The third-order valence-electron chi connectivity index (χ3n) is 2.22. The van der Waals surface area contributed by atoms with Gasteiger partial charge in [0.15, 0.2) is 0 Å². The van der Waals surface area contributed by atoms with Gasteiger partial charge in [0.25, 0.3) is 0 Å². The number of carboxylic acids is 1. The summed E-state index contributed by atoms with van der Waals surface area (Å²) in [6.07, 6.45) is 2.57. The number of carbonyl (C=O) groups is 1. The second-order valence-electron chi connectivity index (χ2n) is 3.50. The van der Waals surface area contributed by atoms with E-state index in [9.17, 15) is 9.18 Å². The Labute approximate surface area is 112 Å². The quantitative estimate of drug-likeness (QED) is 0.852. The van der Waals surface area contributed by atoms with E-state index in [0.29, 0.717) is 0 Å². The van der Waals surface area contributed by atoms with Gasteiger partial charge >= 0.3 is 5.97 Å². The van der Waals surface area contributed by atoms with E-state index in [1.165, 1.54) is 29.5 Å². The summed E-state index contributed by atoms with van der Waals surface area (Å²) in [5.74, 6) is -1.47. The monoisotopic (exact) mass is 282 g/mol. The Bertz CT molecular complexity index is 619. The summed E-state index contributed by atoms with van der Waals surface area (Å²) in [6, 6.07) is 8.18. The molecule has 0 atom stereocenters. The van der Waals surface area contributed by atoms with Crippen LogP contribution in [0.5, 0.6) is 0 Å². The van der Waals surface area contributed by atoms with Gasteiger partial charge in [-0.1, -0.05) is 17.7 Å². The molecule has 2 nitrogen and oxygen atoms in total. The molecule has 0 fully saturated rings. The van der Waals surface area contributed by atoms with Crippen molar-refractivity contribution in [1.29, 1.82) is 0 Å². The number of benzene rings is 1. The zero-order valence-electron chi connectivity index (χ0n) is 9.06. The molecule has 0 unspecified atom stereocenters. The highest BCUT2D eigenvalue weighted by atomic mass is 35.5. The minimum absolute atomic E-state index is 0.0845. The summed E-state index contributed by atoms with van der Waals surface area (Å²) in [7, 11) is 0. The van der Waals surface area contributed by atoms with Crippen LogP contribution >= 0.6 is 22.9 Å². The van der Waals surface area contributed by atoms with Gasteiger partial charge in [0.2, 0.25) is 0 Å². The molecule has 2 rings (SSSR count). The molecule has 5 heteroatoms. The van der Waals surface area contributed by atoms with Gasteiger partial charge in [-0.05, 0) is 35.9 Å². The van der Waals surface area contributed by atoms with Crippen molar-refractivity contribution in [1.82, 2.24) is 0 Å². The molecule has 92 valence electrons. The highest BCUT2D eigenvalue weighted by molar-refractivity contribution is 7.16. The van der Waals surface area contributed by atoms with Gasteiger partial charge in [-0.15, -0.1) is 11.3 Å². The molecule has 0 saturated carbocycles. The van der Waals surface area contributed by atoms with Crippen LogP contribution in [-0.4, -0.2) is 11.1 Å². The Kier molecular flexibility index (Phi) is 3.79. The third kappa shape index (κ3) is 2.97. The second-order valence-corrected chi connectivity index (χ2v) is 5.03. The van der Waals surface area contributed by atoms with Gasteiger partial charge in [0, 0.05) is 15.8 Å². The van der Waals surface area contributed by atoms with Crippen LogP contribution in [0.15, 0.2) is 36.4 Å². The first-order valence-electron chi connectivity index (χ1n) is 5.02. The number of rotatable bonds is 3. The van der Waals surface area contributed by atoms with Gasteiger partial charge in [-0.3, -0.25) is 0 Å². The number of carboxylic acid groups (broad SMARTS) is 1. The fourth-order valence-corrected chi connectivity index (χ4v) is 2.42. The molecule has 1 aromatic carbocycles. The van der Waals surface area contributed by atoms with Crippen molar-refractivity contribution < 1.29 is 14.3 Å². The lowest BCUT2D eigenvalue weighted by Crippen LogP contribution is -1.84. The van der Waals surface area contributed by atoms with E-state index in [4.69, 9.17) is 16.7 Å². The molecule has 0 aliphatic carbocycles. The van der Waals surface area contributed by atoms with Crippen LogP contribution in [0.2, 0.25) is 5.02 Å². The summed E-state index contributed by atoms with van der Waals surface area (Å²) in [5, 5.41) is 8.60. The van der Waals surface area contributed by atoms with E-state index in [1.807, 2.05) is 6.07 Å². The van der Waals surface area contributed by atoms with Gasteiger partial charge in [-0.25, -0.2) is 9.18 Å². The lowest BCUT2D eigenvalue weighted by Gasteiger charge is -1.98. The van der Waals surface area contributed by atoms with Crippen molar-refractivity contribution in [2.75, 3.05) is 0 Å². The Hall–Kier alpha value is -1.65. The smallest absolute Gasteiger partial charge is 0.328 e. The average molecular weight is 283 g/mol. The molecular weight excluding hydrogens is 275 g/mol. The second kappa shape index (κ2) is 5.33. The van der Waals surface area contributed by atoms with E-state index < -0.39 is 11.8 Å². The number of halogens is 2. The maximum Gasteiger partial charge on any atom is 0.328 e. The molecule has 1 heterocycles. The van der Waals surface area contributed by atoms with Crippen molar-refractivity contribution in [3.8, 4) is 10.4 Å². The number of hydrogen-bond acceptors (Lipinski definition) is 2. The van der Waals surface area contributed by atoms with Crippen LogP contribution in [0.1, 0.15) is 4.88 Å². The Morgan fingerprint density at radius 2 is 2.11 bits per heavy atom. The lowest BCUT2D eigenvalue weighted by atomic mass is 10.2. The van der Waals surface area contributed by atoms with Gasteiger partial charge < -0.3 is 5.11 Å². The molecule has 0 aliphatic rings. The first kappa shape index (κ1) is 12.8. The zero-order valence-corrected chi connectivity index (χ0v) is 10.6. The lowest BCUT2D eigenvalue weighted by molar-refractivity contribution is -0.131. The maximum atomic E-state index is 13.3. The van der Waals surface area contributed by atoms with Crippen LogP contribution in [0, 0.1) is 5.82 Å². The van der Waals surface area contributed by atoms with E-state index in [2.05, 4.69) is 0 Å². The molecule has 0 bridgehead atoms. The minimum atomic E-state index is -0.998. The third-order valence-corrected chi connectivity index (χ3v) is 3.63. The fraction of sp³-hybridized carbons (Fsp3) is 0. The predicted octanol–water partition coefficient (Wildman–Crippen LogP) is 4.31. The molecule has 0 spiro atoms. The zero-order chi connectivity index (χ0) is 13.1. The van der Waals surface area contributed by atoms with Crippen molar-refractivity contribution >= 4 is 35.0 Å². The summed E-state index contributed by atoms with van der Waals surface area (Å²) < 4.78 is 13.3. The van der Waals surface area contributed by atoms with Crippen molar-refractivity contribution in [2.45, 2.75) is 0 Å². The fourth-order valence-electron chi connectivity index (χ4n) is 1.40. The number of thiophene rings is 1. The molecule has 0 amide bonds. The molecule has 0 aliphatic heterocycles. The van der Waals surface area contributed by atoms with Crippen LogP contribution < -0.4 is 0 Å². The van der Waals surface area contributed by atoms with E-state index in [0.717, 1.165) is 21.4 Å². The Morgan fingerprint density at radius 1 is 1.33 bits per heavy atom. The van der Waals surface area contributed by atoms with Crippen LogP contribution in [0.3, 0.4) is 0 Å². The first-order valence-corrected chi connectivity index (χ1v) is 6.22. The van der Waals surface area contributed by atoms with Crippen molar-refractivity contribution in [2.24, 2.45) is 0 Å². The molecule has 18 heavy (non-hydrogen) atoms. The molecule has 1 N–H and O–H groups in total. The summed E-state index contributed by atoms with van der Waals surface area (Å²) in [6.45, 7) is 0. The average Bonchev–Trinajstić information content (AvgIpc) is 2.79. The van der Waals surface area contributed by atoms with E-state index in [1.54, 1.807) is 12.1 Å². The molecule has 2 aromatic rings. The topological polar surface area (TPSA) is 37.3 Å². The van der Waals surface area contributed by atoms with Crippen LogP contribution in [0.25, 0.3) is 16.5 Å². The first-order chi connectivity index (χ1) is 8.56. The minimum Gasteiger partial charge on any atom is -0.478 e. The maximum absolute atomic E-state index is 13.3.